The summed E-state index contributed by atoms with van der Waals surface area (Å²) >= 11 is 6.62. The van der Waals surface area contributed by atoms with Gasteiger partial charge in [0, 0.05) is 16.7 Å². The minimum absolute atomic E-state index is 0.00293. The molecule has 3 aliphatic carbocycles. The highest BCUT2D eigenvalue weighted by Crippen LogP contribution is 2.80. The van der Waals surface area contributed by atoms with E-state index in [1.807, 2.05) is 12.1 Å². The van der Waals surface area contributed by atoms with Crippen molar-refractivity contribution in [1.82, 2.24) is 0 Å². The van der Waals surface area contributed by atoms with E-state index in [1.165, 1.54) is 18.4 Å². The highest BCUT2D eigenvalue weighted by molar-refractivity contribution is 6.21. The monoisotopic (exact) mass is 358 g/mol. The van der Waals surface area contributed by atoms with E-state index in [1.54, 1.807) is 7.11 Å². The van der Waals surface area contributed by atoms with E-state index >= 15 is 0 Å². The Morgan fingerprint density at radius 2 is 1.88 bits per heavy atom. The van der Waals surface area contributed by atoms with Gasteiger partial charge in [0.15, 0.2) is 5.56 Å². The number of esters is 1. The summed E-state index contributed by atoms with van der Waals surface area (Å²) in [4.78, 5) is 12.8. The number of carbonyl (C=O) groups is 1. The molecule has 0 spiro atoms. The first-order chi connectivity index (χ1) is 12.0. The van der Waals surface area contributed by atoms with Crippen molar-refractivity contribution < 1.29 is 14.3 Å². The van der Waals surface area contributed by atoms with E-state index in [0.29, 0.717) is 0 Å². The van der Waals surface area contributed by atoms with Crippen LogP contribution in [0.3, 0.4) is 0 Å². The maximum atomic E-state index is 12.8. The number of hydrogen-bond donors (Lipinski definition) is 0. The fourth-order valence-corrected chi connectivity index (χ4v) is 7.27. The Morgan fingerprint density at radius 3 is 2.60 bits per heavy atom. The first-order valence-corrected chi connectivity index (χ1v) is 9.63. The molecule has 1 aromatic rings. The molecule has 25 heavy (non-hydrogen) atoms. The van der Waals surface area contributed by atoms with Crippen molar-refractivity contribution >= 4 is 17.6 Å². The number of cyclic esters (lactones) is 1. The first kappa shape index (κ1) is 15.7. The maximum Gasteiger partial charge on any atom is 0.311 e. The molecule has 1 heterocycles. The van der Waals surface area contributed by atoms with Gasteiger partial charge in [-0.1, -0.05) is 55.7 Å². The second-order valence-corrected chi connectivity index (χ2v) is 8.73. The van der Waals surface area contributed by atoms with Crippen molar-refractivity contribution in [3.63, 3.8) is 0 Å². The molecule has 5 rings (SSSR count). The summed E-state index contributed by atoms with van der Waals surface area (Å²) in [5.74, 6) is 0.631. The summed E-state index contributed by atoms with van der Waals surface area (Å²) in [5.41, 5.74) is 0.324. The number of methoxy groups -OCH3 is 1. The Bertz CT molecular complexity index is 772. The zero-order chi connectivity index (χ0) is 17.4. The van der Waals surface area contributed by atoms with Crippen molar-refractivity contribution in [2.24, 2.45) is 22.7 Å². The van der Waals surface area contributed by atoms with Crippen LogP contribution >= 0.6 is 11.6 Å². The van der Waals surface area contributed by atoms with Crippen molar-refractivity contribution in [2.75, 3.05) is 7.11 Å². The summed E-state index contributed by atoms with van der Waals surface area (Å²) in [7, 11) is 1.68. The Hall–Kier alpha value is -1.48. The summed E-state index contributed by atoms with van der Waals surface area (Å²) in [6, 6.07) is 8.32. The van der Waals surface area contributed by atoms with Gasteiger partial charge in [0.1, 0.15) is 5.75 Å². The van der Waals surface area contributed by atoms with Gasteiger partial charge in [0.05, 0.1) is 13.0 Å². The van der Waals surface area contributed by atoms with Crippen LogP contribution in [0.4, 0.5) is 0 Å². The van der Waals surface area contributed by atoms with Gasteiger partial charge in [0.25, 0.3) is 0 Å². The Labute approximate surface area is 153 Å². The average Bonchev–Trinajstić information content (AvgIpc) is 3.15. The lowest BCUT2D eigenvalue weighted by molar-refractivity contribution is -0.147. The molecule has 3 fully saturated rings. The van der Waals surface area contributed by atoms with Gasteiger partial charge in [-0.3, -0.25) is 4.79 Å². The minimum atomic E-state index is -0.552. The standard InChI is InChI=1S/C21H23ClO3/c1-19-9-3-4-10-20(19)11-12-21(19,13-5-7-14(24-2)8-6-13)15-16(20)18(23)25-17(15)22/h5-8,11-12,15-17H,3-4,9-10H2,1-2H3/t15-,16+,17-,19-,20-,21-/m0/s1. The maximum absolute atomic E-state index is 12.8. The number of hydrogen-bond acceptors (Lipinski definition) is 3. The predicted molar refractivity (Wildman–Crippen MR) is 95.5 cm³/mol. The molecule has 0 aromatic heterocycles. The first-order valence-electron chi connectivity index (χ1n) is 9.20. The van der Waals surface area contributed by atoms with Crippen molar-refractivity contribution in [2.45, 2.75) is 43.6 Å². The second-order valence-electron chi connectivity index (χ2n) is 8.30. The highest BCUT2D eigenvalue weighted by Gasteiger charge is 2.80. The third kappa shape index (κ3) is 1.54. The fraction of sp³-hybridized carbons (Fsp3) is 0.571. The number of benzene rings is 1. The molecule has 6 atom stereocenters. The van der Waals surface area contributed by atoms with Crippen LogP contribution in [-0.4, -0.2) is 18.6 Å². The minimum Gasteiger partial charge on any atom is -0.497 e. The highest BCUT2D eigenvalue weighted by atomic mass is 35.5. The van der Waals surface area contributed by atoms with Crippen LogP contribution in [0.5, 0.6) is 5.75 Å². The van der Waals surface area contributed by atoms with Gasteiger partial charge >= 0.3 is 5.97 Å². The number of ether oxygens (including phenoxy) is 2. The van der Waals surface area contributed by atoms with Crippen LogP contribution in [0.25, 0.3) is 0 Å². The largest absolute Gasteiger partial charge is 0.497 e. The molecular weight excluding hydrogens is 336 g/mol. The van der Waals surface area contributed by atoms with E-state index in [0.717, 1.165) is 18.6 Å². The molecule has 0 unspecified atom stereocenters. The number of alkyl halides is 1. The lowest BCUT2D eigenvalue weighted by atomic mass is 9.52. The molecule has 2 saturated carbocycles. The summed E-state index contributed by atoms with van der Waals surface area (Å²) in [6.45, 7) is 2.38. The molecule has 4 heteroatoms. The van der Waals surface area contributed by atoms with E-state index < -0.39 is 5.56 Å². The van der Waals surface area contributed by atoms with Crippen LogP contribution in [0.15, 0.2) is 36.4 Å². The molecule has 0 N–H and O–H groups in total. The van der Waals surface area contributed by atoms with Crippen LogP contribution < -0.4 is 4.74 Å². The van der Waals surface area contributed by atoms with Crippen molar-refractivity contribution in [3.05, 3.63) is 42.0 Å². The normalized spacial score (nSPS) is 46.7. The van der Waals surface area contributed by atoms with Crippen molar-refractivity contribution in [1.29, 1.82) is 0 Å². The number of carbonyl (C=O) groups excluding carboxylic acids is 1. The average molecular weight is 359 g/mol. The summed E-state index contributed by atoms with van der Waals surface area (Å²) in [6.07, 6.45) is 9.25. The SMILES string of the molecule is COc1ccc([C@]23C=C[C@@]4(CCCC[C@]24C)[C@H]2C(=O)O[C@H](Cl)[C@H]23)cc1. The second kappa shape index (κ2) is 4.82. The van der Waals surface area contributed by atoms with E-state index in [4.69, 9.17) is 21.1 Å². The molecular formula is C21H23ClO3. The molecule has 1 saturated heterocycles. The zero-order valence-corrected chi connectivity index (χ0v) is 15.4. The van der Waals surface area contributed by atoms with Gasteiger partial charge in [-0.2, -0.15) is 0 Å². The molecule has 132 valence electrons. The van der Waals surface area contributed by atoms with Gasteiger partial charge in [-0.05, 0) is 36.0 Å². The van der Waals surface area contributed by atoms with Gasteiger partial charge in [-0.15, -0.1) is 0 Å². The van der Waals surface area contributed by atoms with Gasteiger partial charge in [0.2, 0.25) is 0 Å². The lowest BCUT2D eigenvalue weighted by Crippen LogP contribution is -2.48. The Kier molecular flexibility index (Phi) is 3.04. The number of rotatable bonds is 2. The van der Waals surface area contributed by atoms with Crippen LogP contribution in [-0.2, 0) is 14.9 Å². The molecule has 1 aliphatic heterocycles. The van der Waals surface area contributed by atoms with Crippen LogP contribution in [0.1, 0.15) is 38.2 Å². The van der Waals surface area contributed by atoms with E-state index in [2.05, 4.69) is 31.2 Å². The van der Waals surface area contributed by atoms with Crippen LogP contribution in [0.2, 0.25) is 0 Å². The smallest absolute Gasteiger partial charge is 0.311 e. The molecule has 3 nitrogen and oxygen atoms in total. The van der Waals surface area contributed by atoms with Crippen molar-refractivity contribution in [3.8, 4) is 5.75 Å². The van der Waals surface area contributed by atoms with Crippen LogP contribution in [0, 0.1) is 22.7 Å². The Balaban J connectivity index is 1.76. The third-order valence-corrected chi connectivity index (χ3v) is 8.23. The quantitative estimate of drug-likeness (QED) is 0.445. The van der Waals surface area contributed by atoms with E-state index in [9.17, 15) is 4.79 Å². The number of fused-ring (bicyclic) bond motifs is 2. The van der Waals surface area contributed by atoms with E-state index in [-0.39, 0.29) is 34.1 Å². The number of allylic oxidation sites excluding steroid dienone is 2. The molecule has 0 amide bonds. The lowest BCUT2D eigenvalue weighted by Gasteiger charge is -2.51. The van der Waals surface area contributed by atoms with Gasteiger partial charge in [-0.25, -0.2) is 0 Å². The number of halogens is 1. The molecule has 2 bridgehead atoms. The van der Waals surface area contributed by atoms with Gasteiger partial charge < -0.3 is 9.47 Å². The molecule has 1 aromatic carbocycles. The molecule has 4 aliphatic rings. The summed E-state index contributed by atoms with van der Waals surface area (Å²) in [5, 5.41) is 0. The third-order valence-electron chi connectivity index (χ3n) is 7.87. The molecule has 0 radical (unpaired) electrons. The topological polar surface area (TPSA) is 35.5 Å². The fourth-order valence-electron chi connectivity index (χ4n) is 6.84. The Morgan fingerprint density at radius 1 is 1.16 bits per heavy atom. The zero-order valence-electron chi connectivity index (χ0n) is 14.6. The summed E-state index contributed by atoms with van der Waals surface area (Å²) < 4.78 is 10.9. The predicted octanol–water partition coefficient (Wildman–Crippen LogP) is 4.44.